The summed E-state index contributed by atoms with van der Waals surface area (Å²) in [5.74, 6) is -0.0409. The Morgan fingerprint density at radius 3 is 2.43 bits per heavy atom. The van der Waals surface area contributed by atoms with E-state index in [9.17, 15) is 14.0 Å². The van der Waals surface area contributed by atoms with Gasteiger partial charge in [0.2, 0.25) is 5.91 Å². The summed E-state index contributed by atoms with van der Waals surface area (Å²) in [6, 6.07) is 14.4. The normalized spacial score (nSPS) is 19.8. The van der Waals surface area contributed by atoms with Crippen LogP contribution in [0.3, 0.4) is 0 Å². The molecule has 3 aromatic rings. The summed E-state index contributed by atoms with van der Waals surface area (Å²) in [6.07, 6.45) is 9.63. The second kappa shape index (κ2) is 14.2. The first-order valence-electron chi connectivity index (χ1n) is 16.7. The molecule has 0 bridgehead atoms. The van der Waals surface area contributed by atoms with Gasteiger partial charge in [0, 0.05) is 55.3 Å². The number of fused-ring (bicyclic) bond motifs is 1. The van der Waals surface area contributed by atoms with Gasteiger partial charge < -0.3 is 15.1 Å². The van der Waals surface area contributed by atoms with Crippen LogP contribution in [0.25, 0.3) is 22.2 Å². The van der Waals surface area contributed by atoms with E-state index in [4.69, 9.17) is 4.98 Å². The number of amides is 2. The van der Waals surface area contributed by atoms with Crippen molar-refractivity contribution in [2.24, 2.45) is 5.92 Å². The van der Waals surface area contributed by atoms with Gasteiger partial charge in [0.05, 0.1) is 23.3 Å². The predicted molar refractivity (Wildman–Crippen MR) is 173 cm³/mol. The molecular formula is C36H46FN5O2. The molecule has 6 rings (SSSR count). The zero-order valence-electron chi connectivity index (χ0n) is 26.1. The Kier molecular flexibility index (Phi) is 9.87. The molecular weight excluding hydrogens is 553 g/mol. The lowest BCUT2D eigenvalue weighted by Crippen LogP contribution is -2.52. The Hall–Kier alpha value is -3.36. The van der Waals surface area contributed by atoms with E-state index in [-0.39, 0.29) is 24.4 Å². The van der Waals surface area contributed by atoms with E-state index in [0.717, 1.165) is 50.1 Å². The fourth-order valence-corrected chi connectivity index (χ4v) is 7.35. The smallest absolute Gasteiger partial charge is 0.252 e. The number of halogens is 1. The summed E-state index contributed by atoms with van der Waals surface area (Å²) in [7, 11) is 0. The minimum Gasteiger partial charge on any atom is -0.349 e. The van der Waals surface area contributed by atoms with Gasteiger partial charge in [-0.25, -0.2) is 9.37 Å². The average Bonchev–Trinajstić information content (AvgIpc) is 3.05. The molecule has 234 valence electrons. The van der Waals surface area contributed by atoms with Crippen LogP contribution in [0.2, 0.25) is 0 Å². The molecule has 1 aromatic heterocycles. The molecule has 3 aliphatic rings. The first kappa shape index (κ1) is 30.7. The number of aromatic nitrogens is 1. The number of likely N-dealkylation sites (tertiary alicyclic amines) is 1. The molecule has 1 aliphatic carbocycles. The molecule has 2 aromatic carbocycles. The average molecular weight is 600 g/mol. The molecule has 0 radical (unpaired) electrons. The van der Waals surface area contributed by atoms with Crippen molar-refractivity contribution in [1.82, 2.24) is 25.0 Å². The van der Waals surface area contributed by atoms with Crippen molar-refractivity contribution in [3.8, 4) is 11.3 Å². The fraction of sp³-hybridized carbons (Fsp3) is 0.528. The predicted octanol–water partition coefficient (Wildman–Crippen LogP) is 5.87. The van der Waals surface area contributed by atoms with Gasteiger partial charge in [-0.2, -0.15) is 0 Å². The van der Waals surface area contributed by atoms with E-state index in [1.54, 1.807) is 6.07 Å². The zero-order chi connectivity index (χ0) is 30.5. The van der Waals surface area contributed by atoms with E-state index >= 15 is 0 Å². The van der Waals surface area contributed by atoms with Gasteiger partial charge in [-0.15, -0.1) is 0 Å². The van der Waals surface area contributed by atoms with Crippen LogP contribution in [0, 0.1) is 11.7 Å². The molecule has 3 heterocycles. The van der Waals surface area contributed by atoms with Crippen molar-refractivity contribution in [3.05, 3.63) is 65.5 Å². The fourth-order valence-electron chi connectivity index (χ4n) is 7.35. The maximum atomic E-state index is 14.7. The molecule has 1 N–H and O–H groups in total. The van der Waals surface area contributed by atoms with E-state index < -0.39 is 5.82 Å². The maximum Gasteiger partial charge on any atom is 0.252 e. The summed E-state index contributed by atoms with van der Waals surface area (Å²) >= 11 is 0. The van der Waals surface area contributed by atoms with Crippen molar-refractivity contribution in [3.63, 3.8) is 0 Å². The number of hydrogen-bond donors (Lipinski definition) is 1. The number of piperidine rings is 1. The summed E-state index contributed by atoms with van der Waals surface area (Å²) in [5.41, 5.74) is 3.41. The van der Waals surface area contributed by atoms with Crippen molar-refractivity contribution in [2.45, 2.75) is 70.9 Å². The van der Waals surface area contributed by atoms with Crippen LogP contribution in [0.4, 0.5) is 4.39 Å². The van der Waals surface area contributed by atoms with Gasteiger partial charge >= 0.3 is 0 Å². The summed E-state index contributed by atoms with van der Waals surface area (Å²) < 4.78 is 14.7. The molecule has 2 aliphatic heterocycles. The number of carbonyl (C=O) groups is 2. The first-order valence-corrected chi connectivity index (χ1v) is 16.7. The highest BCUT2D eigenvalue weighted by Crippen LogP contribution is 2.33. The van der Waals surface area contributed by atoms with E-state index in [0.29, 0.717) is 47.7 Å². The van der Waals surface area contributed by atoms with E-state index in [1.165, 1.54) is 50.7 Å². The number of carbonyl (C=O) groups excluding carboxylic acids is 2. The zero-order valence-corrected chi connectivity index (χ0v) is 26.1. The molecule has 2 saturated heterocycles. The summed E-state index contributed by atoms with van der Waals surface area (Å²) in [4.78, 5) is 39.2. The highest BCUT2D eigenvalue weighted by atomic mass is 19.1. The molecule has 1 atom stereocenters. The summed E-state index contributed by atoms with van der Waals surface area (Å²) in [5, 5.41) is 3.82. The third-order valence-electron chi connectivity index (χ3n) is 9.95. The monoisotopic (exact) mass is 599 g/mol. The molecule has 7 nitrogen and oxygen atoms in total. The molecule has 0 spiro atoms. The van der Waals surface area contributed by atoms with Gasteiger partial charge in [-0.3, -0.25) is 14.5 Å². The van der Waals surface area contributed by atoms with Crippen LogP contribution in [0.1, 0.15) is 74.2 Å². The van der Waals surface area contributed by atoms with Crippen LogP contribution in [0.5, 0.6) is 0 Å². The third-order valence-corrected chi connectivity index (χ3v) is 9.95. The molecule has 44 heavy (non-hydrogen) atoms. The number of nitrogens with zero attached hydrogens (tertiary/aromatic N) is 4. The third kappa shape index (κ3) is 7.13. The highest BCUT2D eigenvalue weighted by molar-refractivity contribution is 6.09. The molecule has 3 fully saturated rings. The number of pyridine rings is 1. The van der Waals surface area contributed by atoms with Crippen molar-refractivity contribution in [2.75, 3.05) is 45.8 Å². The number of hydrogen-bond acceptors (Lipinski definition) is 5. The second-order valence-electron chi connectivity index (χ2n) is 13.0. The Balaban J connectivity index is 1.30. The lowest BCUT2D eigenvalue weighted by molar-refractivity contribution is -0.136. The number of piperazine rings is 1. The Bertz CT molecular complexity index is 1450. The standard InChI is InChI=1S/C36H46FN5O2/c1-26(27-11-5-2-6-12-27)38-36(44)34-30-23-29(37)15-16-32(30)39-35(28-13-7-3-8-14-28)31(34)24-41-20-22-42(33(43)25-41)21-19-40-17-9-4-10-18-40/h3,7-8,13-16,23,26-27H,2,4-6,9-12,17-22,24-25H2,1H3,(H,38,44)/t26-/m0/s1. The molecule has 2 amide bonds. The summed E-state index contributed by atoms with van der Waals surface area (Å²) in [6.45, 7) is 8.05. The van der Waals surface area contributed by atoms with Gasteiger partial charge in [-0.05, 0) is 69.8 Å². The minimum atomic E-state index is -0.399. The number of benzene rings is 2. The Morgan fingerprint density at radius 1 is 0.932 bits per heavy atom. The molecule has 8 heteroatoms. The molecule has 1 saturated carbocycles. The van der Waals surface area contributed by atoms with Crippen LogP contribution in [-0.2, 0) is 11.3 Å². The van der Waals surface area contributed by atoms with Crippen molar-refractivity contribution >= 4 is 22.7 Å². The maximum absolute atomic E-state index is 14.7. The quantitative estimate of drug-likeness (QED) is 0.333. The van der Waals surface area contributed by atoms with E-state index in [1.807, 2.05) is 35.2 Å². The number of nitrogens with one attached hydrogen (secondary N) is 1. The van der Waals surface area contributed by atoms with Crippen LogP contribution >= 0.6 is 0 Å². The highest BCUT2D eigenvalue weighted by Gasteiger charge is 2.30. The van der Waals surface area contributed by atoms with Gasteiger partial charge in [-0.1, -0.05) is 56.0 Å². The van der Waals surface area contributed by atoms with Gasteiger partial charge in [0.25, 0.3) is 5.91 Å². The largest absolute Gasteiger partial charge is 0.349 e. The van der Waals surface area contributed by atoms with E-state index in [2.05, 4.69) is 22.0 Å². The Morgan fingerprint density at radius 2 is 1.68 bits per heavy atom. The second-order valence-corrected chi connectivity index (χ2v) is 13.0. The minimum absolute atomic E-state index is 0.0117. The lowest BCUT2D eigenvalue weighted by Gasteiger charge is -2.36. The molecule has 0 unspecified atom stereocenters. The van der Waals surface area contributed by atoms with Crippen LogP contribution in [-0.4, -0.2) is 83.4 Å². The van der Waals surface area contributed by atoms with Crippen molar-refractivity contribution < 1.29 is 14.0 Å². The SMILES string of the molecule is C[C@H](NC(=O)c1c(CN2CCN(CCN3CCCCC3)C(=O)C2)c(-c2ccccc2)nc2ccc(F)cc12)C1CCCCC1. The first-order chi connectivity index (χ1) is 21.5. The number of rotatable bonds is 9. The Labute approximate surface area is 260 Å². The van der Waals surface area contributed by atoms with Crippen LogP contribution in [0.15, 0.2) is 48.5 Å². The topological polar surface area (TPSA) is 68.8 Å². The van der Waals surface area contributed by atoms with Gasteiger partial charge in [0.15, 0.2) is 0 Å². The van der Waals surface area contributed by atoms with Crippen LogP contribution < -0.4 is 5.32 Å². The van der Waals surface area contributed by atoms with Gasteiger partial charge in [0.1, 0.15) is 5.82 Å². The lowest BCUT2D eigenvalue weighted by atomic mass is 9.84. The van der Waals surface area contributed by atoms with Crippen molar-refractivity contribution in [1.29, 1.82) is 0 Å².